The maximum atomic E-state index is 13.1. The minimum Gasteiger partial charge on any atom is -0.481 e. The molecule has 0 aliphatic carbocycles. The zero-order valence-corrected chi connectivity index (χ0v) is 7.70. The van der Waals surface area contributed by atoms with Gasteiger partial charge in [0.2, 0.25) is 0 Å². The normalized spacial score (nSPS) is 12.5. The van der Waals surface area contributed by atoms with Gasteiger partial charge in [-0.3, -0.25) is 4.79 Å². The second kappa shape index (κ2) is 4.19. The molecule has 0 amide bonds. The summed E-state index contributed by atoms with van der Waals surface area (Å²) >= 11 is 0. The van der Waals surface area contributed by atoms with Gasteiger partial charge in [0.1, 0.15) is 5.82 Å². The average Bonchev–Trinajstić information content (AvgIpc) is 2.08. The van der Waals surface area contributed by atoms with E-state index in [1.54, 1.807) is 13.0 Å². The number of hydrogen-bond donors (Lipinski definition) is 2. The second-order valence-electron chi connectivity index (χ2n) is 3.14. The molecule has 0 fully saturated rings. The summed E-state index contributed by atoms with van der Waals surface area (Å²) in [6.45, 7) is 1.75. The lowest BCUT2D eigenvalue weighted by atomic mass is 10.0. The number of carboxylic acid groups (broad SMARTS) is 1. The number of aliphatic hydroxyl groups excluding tert-OH is 1. The maximum absolute atomic E-state index is 13.1. The first-order chi connectivity index (χ1) is 6.50. The Morgan fingerprint density at radius 1 is 1.57 bits per heavy atom. The molecular weight excluding hydrogens is 187 g/mol. The van der Waals surface area contributed by atoms with Gasteiger partial charge in [0.15, 0.2) is 0 Å². The Hall–Kier alpha value is -1.42. The van der Waals surface area contributed by atoms with Crippen LogP contribution in [-0.4, -0.2) is 16.2 Å². The zero-order valence-electron chi connectivity index (χ0n) is 7.70. The van der Waals surface area contributed by atoms with Crippen LogP contribution in [0.25, 0.3) is 0 Å². The van der Waals surface area contributed by atoms with Crippen LogP contribution < -0.4 is 0 Å². The van der Waals surface area contributed by atoms with Crippen LogP contribution in [0.1, 0.15) is 23.7 Å². The van der Waals surface area contributed by atoms with E-state index >= 15 is 0 Å². The number of carbonyl (C=O) groups is 1. The molecule has 0 aliphatic rings. The van der Waals surface area contributed by atoms with Crippen LogP contribution in [0.5, 0.6) is 0 Å². The van der Waals surface area contributed by atoms with Crippen molar-refractivity contribution < 1.29 is 19.4 Å². The molecule has 0 heterocycles. The van der Waals surface area contributed by atoms with Gasteiger partial charge < -0.3 is 10.2 Å². The average molecular weight is 198 g/mol. The fourth-order valence-corrected chi connectivity index (χ4v) is 1.19. The Bertz CT molecular complexity index is 349. The van der Waals surface area contributed by atoms with Gasteiger partial charge in [0.05, 0.1) is 12.5 Å². The Morgan fingerprint density at radius 3 is 2.79 bits per heavy atom. The lowest BCUT2D eigenvalue weighted by Crippen LogP contribution is -2.07. The standard InChI is InChI=1S/C10H11FO3/c1-6-2-3-8(11)7(4-6)9(12)5-10(13)14/h2-4,9,12H,5H2,1H3,(H,13,14)/t9-/m1/s1. The van der Waals surface area contributed by atoms with Crippen LogP contribution in [0.3, 0.4) is 0 Å². The van der Waals surface area contributed by atoms with Crippen molar-refractivity contribution in [3.63, 3.8) is 0 Å². The molecule has 0 aliphatic heterocycles. The van der Waals surface area contributed by atoms with Crippen LogP contribution in [0, 0.1) is 12.7 Å². The largest absolute Gasteiger partial charge is 0.481 e. The number of aliphatic carboxylic acids is 1. The van der Waals surface area contributed by atoms with Crippen LogP contribution in [0.4, 0.5) is 4.39 Å². The minimum absolute atomic E-state index is 0.0346. The maximum Gasteiger partial charge on any atom is 0.306 e. The molecule has 0 saturated heterocycles. The van der Waals surface area contributed by atoms with Gasteiger partial charge in [-0.1, -0.05) is 17.7 Å². The third-order valence-corrected chi connectivity index (χ3v) is 1.88. The summed E-state index contributed by atoms with van der Waals surface area (Å²) < 4.78 is 13.1. The Kier molecular flexibility index (Phi) is 3.19. The molecule has 1 rings (SSSR count). The molecule has 0 bridgehead atoms. The van der Waals surface area contributed by atoms with Gasteiger partial charge in [-0.25, -0.2) is 4.39 Å². The van der Waals surface area contributed by atoms with Crippen molar-refractivity contribution in [2.24, 2.45) is 0 Å². The number of hydrogen-bond acceptors (Lipinski definition) is 2. The number of benzene rings is 1. The highest BCUT2D eigenvalue weighted by Gasteiger charge is 2.15. The van der Waals surface area contributed by atoms with Crippen molar-refractivity contribution in [2.45, 2.75) is 19.4 Å². The van der Waals surface area contributed by atoms with E-state index in [1.165, 1.54) is 12.1 Å². The number of halogens is 1. The first-order valence-corrected chi connectivity index (χ1v) is 4.16. The van der Waals surface area contributed by atoms with Crippen molar-refractivity contribution in [2.75, 3.05) is 0 Å². The van der Waals surface area contributed by atoms with E-state index in [1.807, 2.05) is 0 Å². The highest BCUT2D eigenvalue weighted by molar-refractivity contribution is 5.67. The van der Waals surface area contributed by atoms with Gasteiger partial charge in [0.25, 0.3) is 0 Å². The van der Waals surface area contributed by atoms with Gasteiger partial charge in [-0.2, -0.15) is 0 Å². The highest BCUT2D eigenvalue weighted by atomic mass is 19.1. The zero-order chi connectivity index (χ0) is 10.7. The Balaban J connectivity index is 2.93. The molecule has 0 saturated carbocycles. The third kappa shape index (κ3) is 2.53. The van der Waals surface area contributed by atoms with E-state index in [0.29, 0.717) is 0 Å². The summed E-state index contributed by atoms with van der Waals surface area (Å²) in [7, 11) is 0. The molecule has 0 aromatic heterocycles. The monoisotopic (exact) mass is 198 g/mol. The SMILES string of the molecule is Cc1ccc(F)c([C@H](O)CC(=O)O)c1. The van der Waals surface area contributed by atoms with Crippen molar-refractivity contribution in [3.05, 3.63) is 35.1 Å². The topological polar surface area (TPSA) is 57.5 Å². The quantitative estimate of drug-likeness (QED) is 0.776. The molecule has 1 aromatic rings. The molecule has 1 atom stereocenters. The third-order valence-electron chi connectivity index (χ3n) is 1.88. The molecule has 76 valence electrons. The van der Waals surface area contributed by atoms with Crippen LogP contribution in [0.2, 0.25) is 0 Å². The molecule has 0 unspecified atom stereocenters. The van der Waals surface area contributed by atoms with E-state index in [2.05, 4.69) is 0 Å². The van der Waals surface area contributed by atoms with E-state index in [4.69, 9.17) is 5.11 Å². The number of aliphatic hydroxyl groups is 1. The predicted molar refractivity (Wildman–Crippen MR) is 48.3 cm³/mol. The smallest absolute Gasteiger partial charge is 0.306 e. The summed E-state index contributed by atoms with van der Waals surface area (Å²) in [5, 5.41) is 17.8. The van der Waals surface area contributed by atoms with Gasteiger partial charge in [0, 0.05) is 5.56 Å². The molecule has 0 spiro atoms. The molecule has 14 heavy (non-hydrogen) atoms. The van der Waals surface area contributed by atoms with E-state index in [9.17, 15) is 14.3 Å². The predicted octanol–water partition coefficient (Wildman–Crippen LogP) is 1.64. The van der Waals surface area contributed by atoms with Crippen molar-refractivity contribution in [1.29, 1.82) is 0 Å². The first-order valence-electron chi connectivity index (χ1n) is 4.16. The summed E-state index contributed by atoms with van der Waals surface area (Å²) in [6, 6.07) is 4.23. The number of carboxylic acids is 1. The summed E-state index contributed by atoms with van der Waals surface area (Å²) in [5.74, 6) is -1.73. The van der Waals surface area contributed by atoms with Gasteiger partial charge in [-0.15, -0.1) is 0 Å². The second-order valence-corrected chi connectivity index (χ2v) is 3.14. The molecule has 2 N–H and O–H groups in total. The Labute approximate surface area is 80.8 Å². The van der Waals surface area contributed by atoms with E-state index < -0.39 is 24.3 Å². The summed E-state index contributed by atoms with van der Waals surface area (Å²) in [4.78, 5) is 10.3. The van der Waals surface area contributed by atoms with Crippen LogP contribution in [-0.2, 0) is 4.79 Å². The summed E-state index contributed by atoms with van der Waals surface area (Å²) in [5.41, 5.74) is 0.818. The molecule has 0 radical (unpaired) electrons. The van der Waals surface area contributed by atoms with Gasteiger partial charge >= 0.3 is 5.97 Å². The van der Waals surface area contributed by atoms with Crippen molar-refractivity contribution in [3.8, 4) is 0 Å². The summed E-state index contributed by atoms with van der Waals surface area (Å²) in [6.07, 6.45) is -1.77. The fraction of sp³-hybridized carbons (Fsp3) is 0.300. The Morgan fingerprint density at radius 2 is 2.21 bits per heavy atom. The van der Waals surface area contributed by atoms with Crippen molar-refractivity contribution in [1.82, 2.24) is 0 Å². The van der Waals surface area contributed by atoms with Gasteiger partial charge in [-0.05, 0) is 13.0 Å². The van der Waals surface area contributed by atoms with Crippen molar-refractivity contribution >= 4 is 5.97 Å². The fourth-order valence-electron chi connectivity index (χ4n) is 1.19. The lowest BCUT2D eigenvalue weighted by molar-refractivity contribution is -0.139. The highest BCUT2D eigenvalue weighted by Crippen LogP contribution is 2.21. The van der Waals surface area contributed by atoms with E-state index in [-0.39, 0.29) is 5.56 Å². The molecular formula is C10H11FO3. The first kappa shape index (κ1) is 10.7. The van der Waals surface area contributed by atoms with Crippen LogP contribution in [0.15, 0.2) is 18.2 Å². The lowest BCUT2D eigenvalue weighted by Gasteiger charge is -2.09. The van der Waals surface area contributed by atoms with Crippen LogP contribution >= 0.6 is 0 Å². The molecule has 4 heteroatoms. The number of rotatable bonds is 3. The number of aryl methyl sites for hydroxylation is 1. The molecule has 1 aromatic carbocycles. The van der Waals surface area contributed by atoms with E-state index in [0.717, 1.165) is 5.56 Å². The molecule has 3 nitrogen and oxygen atoms in total. The minimum atomic E-state index is -1.28.